The summed E-state index contributed by atoms with van der Waals surface area (Å²) in [7, 11) is 0. The van der Waals surface area contributed by atoms with Gasteiger partial charge < -0.3 is 5.11 Å². The predicted molar refractivity (Wildman–Crippen MR) is 88.6 cm³/mol. The van der Waals surface area contributed by atoms with Crippen LogP contribution in [0.1, 0.15) is 22.1 Å². The minimum atomic E-state index is -0.0686. The Balaban J connectivity index is 2.00. The maximum absolute atomic E-state index is 9.25. The van der Waals surface area contributed by atoms with E-state index in [0.717, 1.165) is 18.7 Å². The molecule has 1 N–H and O–H groups in total. The first-order valence-electron chi connectivity index (χ1n) is 7.27. The zero-order chi connectivity index (χ0) is 15.1. The summed E-state index contributed by atoms with van der Waals surface area (Å²) in [5.74, 6) is 0. The molecule has 3 heteroatoms. The van der Waals surface area contributed by atoms with Crippen LogP contribution in [0.4, 0.5) is 0 Å². The van der Waals surface area contributed by atoms with Crippen molar-refractivity contribution in [2.75, 3.05) is 19.7 Å². The van der Waals surface area contributed by atoms with Crippen molar-refractivity contribution in [1.82, 2.24) is 4.90 Å². The number of rotatable bonds is 7. The number of nitrogens with zero attached hydrogens (tertiary/aromatic N) is 1. The third-order valence-corrected chi connectivity index (χ3v) is 3.91. The van der Waals surface area contributed by atoms with E-state index in [9.17, 15) is 5.11 Å². The Morgan fingerprint density at radius 2 is 1.71 bits per heavy atom. The van der Waals surface area contributed by atoms with Crippen LogP contribution in [0.5, 0.6) is 0 Å². The summed E-state index contributed by atoms with van der Waals surface area (Å²) < 4.78 is 0. The molecule has 112 valence electrons. The molecule has 2 nitrogen and oxygen atoms in total. The van der Waals surface area contributed by atoms with Crippen molar-refractivity contribution in [2.45, 2.75) is 18.8 Å². The smallest absolute Gasteiger partial charge is 0.0712 e. The van der Waals surface area contributed by atoms with E-state index in [1.807, 2.05) is 18.2 Å². The maximum Gasteiger partial charge on any atom is 0.0712 e. The molecule has 2 rings (SSSR count). The Hall–Kier alpha value is -1.35. The summed E-state index contributed by atoms with van der Waals surface area (Å²) in [6.07, 6.45) is 0. The zero-order valence-corrected chi connectivity index (χ0v) is 13.1. The second-order valence-electron chi connectivity index (χ2n) is 5.32. The van der Waals surface area contributed by atoms with Crippen molar-refractivity contribution in [3.8, 4) is 0 Å². The highest BCUT2D eigenvalue weighted by Crippen LogP contribution is 2.22. The average molecular weight is 304 g/mol. The molecule has 0 heterocycles. The van der Waals surface area contributed by atoms with Gasteiger partial charge in [0.2, 0.25) is 0 Å². The van der Waals surface area contributed by atoms with Crippen molar-refractivity contribution >= 4 is 11.6 Å². The number of aryl methyl sites for hydroxylation is 1. The van der Waals surface area contributed by atoms with Crippen LogP contribution in [0, 0.1) is 6.92 Å². The highest BCUT2D eigenvalue weighted by atomic mass is 35.5. The number of benzene rings is 2. The van der Waals surface area contributed by atoms with Gasteiger partial charge in [0.05, 0.1) is 12.0 Å². The van der Waals surface area contributed by atoms with Gasteiger partial charge in [-0.2, -0.15) is 0 Å². The molecule has 1 atom stereocenters. The predicted octanol–water partition coefficient (Wildman–Crippen LogP) is 3.77. The minimum Gasteiger partial charge on any atom is -0.395 e. The lowest BCUT2D eigenvalue weighted by Crippen LogP contribution is -2.29. The standard InChI is InChI=1S/C18H22ClNO/c1-15-7-9-17(10-8-15)18(19)14-20(11-12-21)13-16-5-3-2-4-6-16/h2-10,18,21H,11-14H2,1H3. The van der Waals surface area contributed by atoms with Gasteiger partial charge in [-0.3, -0.25) is 4.90 Å². The largest absolute Gasteiger partial charge is 0.395 e. The fraction of sp³-hybridized carbons (Fsp3) is 0.333. The molecule has 0 radical (unpaired) electrons. The fourth-order valence-electron chi connectivity index (χ4n) is 2.33. The van der Waals surface area contributed by atoms with E-state index in [-0.39, 0.29) is 12.0 Å². The molecule has 2 aromatic rings. The summed E-state index contributed by atoms with van der Waals surface area (Å²) in [5.41, 5.74) is 3.59. The number of halogens is 1. The van der Waals surface area contributed by atoms with Gasteiger partial charge in [-0.1, -0.05) is 60.2 Å². The molecule has 0 spiro atoms. The molecule has 0 aromatic heterocycles. The lowest BCUT2D eigenvalue weighted by Gasteiger charge is -2.24. The lowest BCUT2D eigenvalue weighted by molar-refractivity contribution is 0.190. The molecule has 21 heavy (non-hydrogen) atoms. The Bertz CT molecular complexity index is 527. The number of hydrogen-bond acceptors (Lipinski definition) is 2. The summed E-state index contributed by atoms with van der Waals surface area (Å²) in [6, 6.07) is 18.6. The van der Waals surface area contributed by atoms with E-state index in [1.165, 1.54) is 11.1 Å². The van der Waals surface area contributed by atoms with Crippen LogP contribution in [0.15, 0.2) is 54.6 Å². The average Bonchev–Trinajstić information content (AvgIpc) is 2.49. The Labute approximate surface area is 132 Å². The van der Waals surface area contributed by atoms with Gasteiger partial charge in [0.1, 0.15) is 0 Å². The maximum atomic E-state index is 9.25. The van der Waals surface area contributed by atoms with Gasteiger partial charge in [-0.25, -0.2) is 0 Å². The van der Waals surface area contributed by atoms with Crippen molar-refractivity contribution in [1.29, 1.82) is 0 Å². The van der Waals surface area contributed by atoms with Gasteiger partial charge in [0.15, 0.2) is 0 Å². The highest BCUT2D eigenvalue weighted by Gasteiger charge is 2.14. The third-order valence-electron chi connectivity index (χ3n) is 3.52. The fourth-order valence-corrected chi connectivity index (χ4v) is 2.67. The van der Waals surface area contributed by atoms with E-state index in [4.69, 9.17) is 11.6 Å². The topological polar surface area (TPSA) is 23.5 Å². The van der Waals surface area contributed by atoms with Crippen molar-refractivity contribution in [3.63, 3.8) is 0 Å². The SMILES string of the molecule is Cc1ccc(C(Cl)CN(CCO)Cc2ccccc2)cc1. The van der Waals surface area contributed by atoms with E-state index >= 15 is 0 Å². The number of hydrogen-bond donors (Lipinski definition) is 1. The van der Waals surface area contributed by atoms with E-state index in [0.29, 0.717) is 6.54 Å². The molecule has 0 bridgehead atoms. The van der Waals surface area contributed by atoms with Crippen LogP contribution in [0.3, 0.4) is 0 Å². The molecule has 0 aliphatic heterocycles. The van der Waals surface area contributed by atoms with Gasteiger partial charge in [-0.05, 0) is 18.1 Å². The third kappa shape index (κ3) is 5.16. The minimum absolute atomic E-state index is 0.0686. The molecular formula is C18H22ClNO. The Morgan fingerprint density at radius 3 is 2.33 bits per heavy atom. The van der Waals surface area contributed by atoms with Crippen LogP contribution < -0.4 is 0 Å². The van der Waals surface area contributed by atoms with Crippen LogP contribution >= 0.6 is 11.6 Å². The normalized spacial score (nSPS) is 12.6. The van der Waals surface area contributed by atoms with Gasteiger partial charge in [-0.15, -0.1) is 11.6 Å². The molecule has 1 unspecified atom stereocenters. The van der Waals surface area contributed by atoms with Gasteiger partial charge in [0.25, 0.3) is 0 Å². The molecular weight excluding hydrogens is 282 g/mol. The molecule has 2 aromatic carbocycles. The van der Waals surface area contributed by atoms with Crippen molar-refractivity contribution in [2.24, 2.45) is 0 Å². The number of aliphatic hydroxyl groups excluding tert-OH is 1. The van der Waals surface area contributed by atoms with Crippen LogP contribution in [0.25, 0.3) is 0 Å². The monoisotopic (exact) mass is 303 g/mol. The van der Waals surface area contributed by atoms with Gasteiger partial charge >= 0.3 is 0 Å². The second-order valence-corrected chi connectivity index (χ2v) is 5.85. The summed E-state index contributed by atoms with van der Waals surface area (Å²) in [6.45, 7) is 4.37. The summed E-state index contributed by atoms with van der Waals surface area (Å²) in [5, 5.41) is 9.18. The first kappa shape index (κ1) is 16.0. The van der Waals surface area contributed by atoms with Crippen LogP contribution in [-0.4, -0.2) is 29.7 Å². The zero-order valence-electron chi connectivity index (χ0n) is 12.4. The lowest BCUT2D eigenvalue weighted by atomic mass is 10.1. The second kappa shape index (κ2) is 8.18. The van der Waals surface area contributed by atoms with Crippen LogP contribution in [0.2, 0.25) is 0 Å². The van der Waals surface area contributed by atoms with Crippen molar-refractivity contribution in [3.05, 3.63) is 71.3 Å². The number of aliphatic hydroxyl groups is 1. The van der Waals surface area contributed by atoms with Crippen molar-refractivity contribution < 1.29 is 5.11 Å². The van der Waals surface area contributed by atoms with Crippen LogP contribution in [-0.2, 0) is 6.54 Å². The molecule has 0 saturated carbocycles. The first-order valence-corrected chi connectivity index (χ1v) is 7.70. The molecule has 0 aliphatic rings. The van der Waals surface area contributed by atoms with E-state index < -0.39 is 0 Å². The highest BCUT2D eigenvalue weighted by molar-refractivity contribution is 6.21. The quantitative estimate of drug-likeness (QED) is 0.787. The van der Waals surface area contributed by atoms with E-state index in [2.05, 4.69) is 48.2 Å². The summed E-state index contributed by atoms with van der Waals surface area (Å²) in [4.78, 5) is 2.19. The number of alkyl halides is 1. The molecule has 0 fully saturated rings. The van der Waals surface area contributed by atoms with E-state index in [1.54, 1.807) is 0 Å². The van der Waals surface area contributed by atoms with Gasteiger partial charge in [0, 0.05) is 19.6 Å². The first-order chi connectivity index (χ1) is 10.2. The molecule has 0 amide bonds. The Kier molecular flexibility index (Phi) is 6.24. The Morgan fingerprint density at radius 1 is 1.05 bits per heavy atom. The molecule has 0 saturated heterocycles. The molecule has 0 aliphatic carbocycles. The summed E-state index contributed by atoms with van der Waals surface area (Å²) >= 11 is 6.53.